The fraction of sp³-hybridized carbons (Fsp3) is 0.316. The summed E-state index contributed by atoms with van der Waals surface area (Å²) < 4.78 is 0. The summed E-state index contributed by atoms with van der Waals surface area (Å²) in [6.07, 6.45) is 5.16. The van der Waals surface area contributed by atoms with Crippen LogP contribution < -0.4 is 5.32 Å². The third kappa shape index (κ3) is 4.66. The molecule has 27 heavy (non-hydrogen) atoms. The molecule has 2 heterocycles. The van der Waals surface area contributed by atoms with E-state index in [9.17, 15) is 14.4 Å². The molecule has 1 aromatic heterocycles. The third-order valence-electron chi connectivity index (χ3n) is 4.30. The monoisotopic (exact) mass is 367 g/mol. The lowest BCUT2D eigenvalue weighted by molar-refractivity contribution is -0.114. The summed E-state index contributed by atoms with van der Waals surface area (Å²) in [6.45, 7) is 3.49. The van der Waals surface area contributed by atoms with E-state index < -0.39 is 0 Å². The Bertz CT molecular complexity index is 823. The van der Waals surface area contributed by atoms with Crippen molar-refractivity contribution in [3.8, 4) is 0 Å². The number of anilines is 1. The lowest BCUT2D eigenvalue weighted by atomic mass is 10.1. The van der Waals surface area contributed by atoms with Crippen molar-refractivity contribution in [3.05, 3.63) is 54.1 Å². The first kappa shape index (κ1) is 18.5. The molecule has 3 amide bonds. The second-order valence-corrected chi connectivity index (χ2v) is 6.29. The van der Waals surface area contributed by atoms with Crippen molar-refractivity contribution < 1.29 is 14.4 Å². The summed E-state index contributed by atoms with van der Waals surface area (Å²) in [6, 6.07) is 6.80. The van der Waals surface area contributed by atoms with Crippen LogP contribution in [0.15, 0.2) is 42.9 Å². The van der Waals surface area contributed by atoms with Crippen molar-refractivity contribution >= 4 is 23.4 Å². The Labute approximate surface area is 157 Å². The van der Waals surface area contributed by atoms with Gasteiger partial charge in [-0.05, 0) is 30.7 Å². The molecule has 0 aliphatic carbocycles. The molecule has 0 radical (unpaired) electrons. The van der Waals surface area contributed by atoms with Crippen LogP contribution >= 0.6 is 0 Å². The van der Waals surface area contributed by atoms with Crippen molar-refractivity contribution in [3.63, 3.8) is 0 Å². The molecule has 0 bridgehead atoms. The van der Waals surface area contributed by atoms with E-state index in [2.05, 4.69) is 15.3 Å². The van der Waals surface area contributed by atoms with Crippen LogP contribution in [0.5, 0.6) is 0 Å². The van der Waals surface area contributed by atoms with Crippen molar-refractivity contribution in [2.24, 2.45) is 0 Å². The minimum Gasteiger partial charge on any atom is -0.337 e. The fourth-order valence-corrected chi connectivity index (χ4v) is 2.98. The molecule has 0 atom stereocenters. The Morgan fingerprint density at radius 1 is 0.926 bits per heavy atom. The minimum atomic E-state index is -0.169. The highest BCUT2D eigenvalue weighted by molar-refractivity contribution is 5.96. The zero-order chi connectivity index (χ0) is 19.2. The van der Waals surface area contributed by atoms with Gasteiger partial charge in [0, 0.05) is 56.7 Å². The van der Waals surface area contributed by atoms with Crippen LogP contribution in [0.2, 0.25) is 0 Å². The standard InChI is InChI=1S/C19H21N5O3/c1-14(25)22-16-5-3-15(4-6-16)18(26)23-9-2-10-24(12-11-23)19(27)17-13-20-7-8-21-17/h3-8,13H,2,9-12H2,1H3,(H,22,25). The predicted molar refractivity (Wildman–Crippen MR) is 99.2 cm³/mol. The van der Waals surface area contributed by atoms with Crippen LogP contribution in [0.25, 0.3) is 0 Å². The molecule has 1 fully saturated rings. The van der Waals surface area contributed by atoms with E-state index in [1.165, 1.54) is 25.5 Å². The highest BCUT2D eigenvalue weighted by Crippen LogP contribution is 2.14. The largest absolute Gasteiger partial charge is 0.337 e. The molecule has 8 heteroatoms. The average Bonchev–Trinajstić information content (AvgIpc) is 2.94. The van der Waals surface area contributed by atoms with Crippen LogP contribution in [-0.4, -0.2) is 63.7 Å². The molecule has 1 aliphatic heterocycles. The van der Waals surface area contributed by atoms with Gasteiger partial charge in [0.2, 0.25) is 5.91 Å². The highest BCUT2D eigenvalue weighted by atomic mass is 16.2. The van der Waals surface area contributed by atoms with Crippen molar-refractivity contribution in [1.29, 1.82) is 0 Å². The first-order valence-electron chi connectivity index (χ1n) is 8.77. The number of hydrogen-bond donors (Lipinski definition) is 1. The normalized spacial score (nSPS) is 14.4. The summed E-state index contributed by atoms with van der Waals surface area (Å²) in [5.74, 6) is -0.412. The molecule has 8 nitrogen and oxygen atoms in total. The minimum absolute atomic E-state index is 0.0850. The van der Waals surface area contributed by atoms with Crippen LogP contribution in [0.3, 0.4) is 0 Å². The summed E-state index contributed by atoms with van der Waals surface area (Å²) in [5, 5.41) is 2.68. The molecule has 3 rings (SSSR count). The molecule has 2 aromatic rings. The van der Waals surface area contributed by atoms with Gasteiger partial charge in [-0.15, -0.1) is 0 Å². The Balaban J connectivity index is 1.62. The summed E-state index contributed by atoms with van der Waals surface area (Å²) in [7, 11) is 0. The van der Waals surface area contributed by atoms with Crippen LogP contribution in [0.1, 0.15) is 34.2 Å². The number of nitrogens with zero attached hydrogens (tertiary/aromatic N) is 4. The SMILES string of the molecule is CC(=O)Nc1ccc(C(=O)N2CCCN(C(=O)c3cnccn3)CC2)cc1. The van der Waals surface area contributed by atoms with Crippen molar-refractivity contribution in [2.45, 2.75) is 13.3 Å². The summed E-state index contributed by atoms with van der Waals surface area (Å²) >= 11 is 0. The van der Waals surface area contributed by atoms with E-state index in [0.717, 1.165) is 0 Å². The number of carbonyl (C=O) groups excluding carboxylic acids is 3. The smallest absolute Gasteiger partial charge is 0.274 e. The lowest BCUT2D eigenvalue weighted by Crippen LogP contribution is -2.37. The molecule has 1 aromatic carbocycles. The molecule has 1 N–H and O–H groups in total. The zero-order valence-corrected chi connectivity index (χ0v) is 15.1. The van der Waals surface area contributed by atoms with Crippen LogP contribution in [0.4, 0.5) is 5.69 Å². The number of aromatic nitrogens is 2. The average molecular weight is 367 g/mol. The van der Waals surface area contributed by atoms with Gasteiger partial charge in [0.1, 0.15) is 5.69 Å². The molecular formula is C19H21N5O3. The van der Waals surface area contributed by atoms with Crippen molar-refractivity contribution in [2.75, 3.05) is 31.5 Å². The number of hydrogen-bond acceptors (Lipinski definition) is 5. The molecule has 0 spiro atoms. The Kier molecular flexibility index (Phi) is 5.75. The third-order valence-corrected chi connectivity index (χ3v) is 4.30. The first-order chi connectivity index (χ1) is 13.0. The van der Waals surface area contributed by atoms with Gasteiger partial charge in [-0.25, -0.2) is 4.98 Å². The molecule has 140 valence electrons. The second kappa shape index (κ2) is 8.39. The summed E-state index contributed by atoms with van der Waals surface area (Å²) in [4.78, 5) is 47.8. The Hall–Kier alpha value is -3.29. The molecule has 1 saturated heterocycles. The van der Waals surface area contributed by atoms with E-state index in [-0.39, 0.29) is 17.7 Å². The number of carbonyl (C=O) groups is 3. The lowest BCUT2D eigenvalue weighted by Gasteiger charge is -2.22. The Morgan fingerprint density at radius 3 is 2.19 bits per heavy atom. The van der Waals surface area contributed by atoms with E-state index in [0.29, 0.717) is 49.5 Å². The van der Waals surface area contributed by atoms with E-state index in [1.807, 2.05) is 0 Å². The number of rotatable bonds is 3. The van der Waals surface area contributed by atoms with Crippen LogP contribution in [0, 0.1) is 0 Å². The maximum Gasteiger partial charge on any atom is 0.274 e. The maximum atomic E-state index is 12.7. The van der Waals surface area contributed by atoms with Gasteiger partial charge in [-0.3, -0.25) is 19.4 Å². The van der Waals surface area contributed by atoms with E-state index >= 15 is 0 Å². The van der Waals surface area contributed by atoms with Crippen LogP contribution in [-0.2, 0) is 4.79 Å². The van der Waals surface area contributed by atoms with Gasteiger partial charge in [-0.1, -0.05) is 0 Å². The Morgan fingerprint density at radius 2 is 1.59 bits per heavy atom. The molecule has 1 aliphatic rings. The molecule has 0 unspecified atom stereocenters. The highest BCUT2D eigenvalue weighted by Gasteiger charge is 2.24. The zero-order valence-electron chi connectivity index (χ0n) is 15.1. The number of benzene rings is 1. The van der Waals surface area contributed by atoms with Gasteiger partial charge in [-0.2, -0.15) is 0 Å². The topological polar surface area (TPSA) is 95.5 Å². The second-order valence-electron chi connectivity index (χ2n) is 6.29. The van der Waals surface area contributed by atoms with Gasteiger partial charge in [0.15, 0.2) is 0 Å². The summed E-state index contributed by atoms with van der Waals surface area (Å²) in [5.41, 5.74) is 1.51. The van der Waals surface area contributed by atoms with Gasteiger partial charge >= 0.3 is 0 Å². The predicted octanol–water partition coefficient (Wildman–Crippen LogP) is 1.42. The van der Waals surface area contributed by atoms with Gasteiger partial charge in [0.05, 0.1) is 6.20 Å². The van der Waals surface area contributed by atoms with Gasteiger partial charge < -0.3 is 15.1 Å². The number of amides is 3. The molecule has 0 saturated carbocycles. The first-order valence-corrected chi connectivity index (χ1v) is 8.77. The fourth-order valence-electron chi connectivity index (χ4n) is 2.98. The molecular weight excluding hydrogens is 346 g/mol. The van der Waals surface area contributed by atoms with Gasteiger partial charge in [0.25, 0.3) is 11.8 Å². The quantitative estimate of drug-likeness (QED) is 0.885. The number of nitrogens with one attached hydrogen (secondary N) is 1. The van der Waals surface area contributed by atoms with Crippen molar-refractivity contribution in [1.82, 2.24) is 19.8 Å². The van der Waals surface area contributed by atoms with E-state index in [1.54, 1.807) is 34.1 Å². The maximum absolute atomic E-state index is 12.7. The van der Waals surface area contributed by atoms with E-state index in [4.69, 9.17) is 0 Å².